The first kappa shape index (κ1) is 14.0. The first-order valence-electron chi connectivity index (χ1n) is 7.24. The molecule has 1 aromatic heterocycles. The molecule has 2 aromatic rings. The van der Waals surface area contributed by atoms with Gasteiger partial charge in [0.1, 0.15) is 11.2 Å². The van der Waals surface area contributed by atoms with Gasteiger partial charge in [0.25, 0.3) is 5.82 Å². The maximum absolute atomic E-state index is 13.3. The number of quaternary nitrogens is 1. The summed E-state index contributed by atoms with van der Waals surface area (Å²) in [7, 11) is 0. The third-order valence-corrected chi connectivity index (χ3v) is 4.29. The zero-order chi connectivity index (χ0) is 14.9. The molecule has 0 amide bonds. The Morgan fingerprint density at radius 1 is 1.33 bits per heavy atom. The first-order chi connectivity index (χ1) is 10.1. The number of carbonyl (C=O) groups is 1. The topological polar surface area (TPSA) is 63.3 Å². The molecule has 0 spiro atoms. The van der Waals surface area contributed by atoms with Gasteiger partial charge in [-0.05, 0) is 36.6 Å². The van der Waals surface area contributed by atoms with Gasteiger partial charge in [0, 0.05) is 6.07 Å². The second-order valence-corrected chi connectivity index (χ2v) is 5.67. The van der Waals surface area contributed by atoms with E-state index < -0.39 is 5.97 Å². The zero-order valence-corrected chi connectivity index (χ0v) is 11.7. The fourth-order valence-electron chi connectivity index (χ4n) is 3.21. The largest absolute Gasteiger partial charge is 0.481 e. The third kappa shape index (κ3) is 2.63. The number of rotatable bonds is 4. The second-order valence-electron chi connectivity index (χ2n) is 5.67. The van der Waals surface area contributed by atoms with Crippen molar-refractivity contribution < 1.29 is 18.8 Å². The van der Waals surface area contributed by atoms with Crippen molar-refractivity contribution in [3.63, 3.8) is 0 Å². The summed E-state index contributed by atoms with van der Waals surface area (Å²) in [6, 6.07) is 4.38. The Morgan fingerprint density at radius 2 is 2.10 bits per heavy atom. The van der Waals surface area contributed by atoms with Crippen LogP contribution in [0.15, 0.2) is 22.7 Å². The summed E-state index contributed by atoms with van der Waals surface area (Å²) in [5.41, 5.74) is 0.420. The first-order valence-corrected chi connectivity index (χ1v) is 7.24. The standard InChI is InChI=1S/C15H17FN2O3/c16-11-4-5-12-13(10-11)21-17-15(12)18(9-6-14(19)20)7-2-1-3-8-18/h4-5,10H,1-3,6-9H2/p+1. The Morgan fingerprint density at radius 3 is 2.81 bits per heavy atom. The van der Waals surface area contributed by atoms with E-state index in [0.29, 0.717) is 16.6 Å². The van der Waals surface area contributed by atoms with Crippen LogP contribution >= 0.6 is 0 Å². The zero-order valence-electron chi connectivity index (χ0n) is 11.7. The van der Waals surface area contributed by atoms with Gasteiger partial charge in [-0.25, -0.2) is 4.39 Å². The highest BCUT2D eigenvalue weighted by molar-refractivity contribution is 5.87. The smallest absolute Gasteiger partial charge is 0.309 e. The van der Waals surface area contributed by atoms with E-state index in [0.717, 1.165) is 43.6 Å². The number of aliphatic carboxylic acids is 1. The molecule has 3 rings (SSSR count). The lowest BCUT2D eigenvalue weighted by Gasteiger charge is -2.38. The minimum absolute atomic E-state index is 0.0928. The van der Waals surface area contributed by atoms with Crippen molar-refractivity contribution >= 4 is 22.8 Å². The summed E-state index contributed by atoms with van der Waals surface area (Å²) >= 11 is 0. The van der Waals surface area contributed by atoms with E-state index in [9.17, 15) is 9.18 Å². The van der Waals surface area contributed by atoms with Gasteiger partial charge in [-0.3, -0.25) is 9.28 Å². The van der Waals surface area contributed by atoms with Crippen LogP contribution < -0.4 is 4.48 Å². The van der Waals surface area contributed by atoms with Crippen LogP contribution in [-0.2, 0) is 4.79 Å². The number of nitrogens with zero attached hydrogens (tertiary/aromatic N) is 2. The molecule has 5 nitrogen and oxygen atoms in total. The van der Waals surface area contributed by atoms with Gasteiger partial charge < -0.3 is 9.63 Å². The highest BCUT2D eigenvalue weighted by Crippen LogP contribution is 2.34. The van der Waals surface area contributed by atoms with E-state index in [4.69, 9.17) is 9.63 Å². The minimum Gasteiger partial charge on any atom is -0.481 e. The molecule has 6 heteroatoms. The van der Waals surface area contributed by atoms with Crippen molar-refractivity contribution in [1.29, 1.82) is 0 Å². The molecule has 0 aliphatic carbocycles. The van der Waals surface area contributed by atoms with Gasteiger partial charge >= 0.3 is 5.97 Å². The molecule has 1 saturated heterocycles. The van der Waals surface area contributed by atoms with Crippen LogP contribution in [0.4, 0.5) is 10.2 Å². The SMILES string of the molecule is O=C(O)CC[N+]1(c2noc3cc(F)ccc23)CCCCC1. The van der Waals surface area contributed by atoms with Crippen LogP contribution in [-0.4, -0.2) is 35.9 Å². The molecule has 0 saturated carbocycles. The highest BCUT2D eigenvalue weighted by atomic mass is 19.1. The number of benzene rings is 1. The van der Waals surface area contributed by atoms with Crippen LogP contribution in [0.5, 0.6) is 0 Å². The number of piperidine rings is 1. The molecular weight excluding hydrogens is 275 g/mol. The number of hydrogen-bond acceptors (Lipinski definition) is 3. The lowest BCUT2D eigenvalue weighted by Crippen LogP contribution is -2.54. The summed E-state index contributed by atoms with van der Waals surface area (Å²) in [4.78, 5) is 11.0. The predicted molar refractivity (Wildman–Crippen MR) is 76.5 cm³/mol. The summed E-state index contributed by atoms with van der Waals surface area (Å²) in [5, 5.41) is 13.9. The van der Waals surface area contributed by atoms with Crippen LogP contribution in [0.25, 0.3) is 11.0 Å². The predicted octanol–water partition coefficient (Wildman–Crippen LogP) is 2.93. The summed E-state index contributed by atoms with van der Waals surface area (Å²) in [6.07, 6.45) is 3.32. The average molecular weight is 293 g/mol. The molecule has 1 aliphatic rings. The van der Waals surface area contributed by atoms with E-state index in [1.54, 1.807) is 6.07 Å². The Hall–Kier alpha value is -1.95. The monoisotopic (exact) mass is 293 g/mol. The molecule has 0 atom stereocenters. The van der Waals surface area contributed by atoms with Crippen molar-refractivity contribution in [1.82, 2.24) is 9.64 Å². The number of carboxylic acid groups (broad SMARTS) is 1. The maximum Gasteiger partial charge on any atom is 0.309 e. The summed E-state index contributed by atoms with van der Waals surface area (Å²) in [6.45, 7) is 2.20. The lowest BCUT2D eigenvalue weighted by atomic mass is 10.1. The van der Waals surface area contributed by atoms with Crippen LogP contribution in [0.2, 0.25) is 0 Å². The molecule has 0 bridgehead atoms. The van der Waals surface area contributed by atoms with Gasteiger partial charge in [0.15, 0.2) is 5.58 Å². The molecule has 21 heavy (non-hydrogen) atoms. The van der Waals surface area contributed by atoms with E-state index in [1.807, 2.05) is 0 Å². The van der Waals surface area contributed by atoms with Gasteiger partial charge in [-0.2, -0.15) is 0 Å². The van der Waals surface area contributed by atoms with Gasteiger partial charge in [0.05, 0.1) is 26.1 Å². The molecule has 1 N–H and O–H groups in total. The van der Waals surface area contributed by atoms with Crippen LogP contribution in [0.3, 0.4) is 0 Å². The molecule has 1 aromatic carbocycles. The maximum atomic E-state index is 13.3. The normalized spacial score (nSPS) is 18.0. The number of halogens is 1. The molecule has 112 valence electrons. The molecule has 1 fully saturated rings. The molecule has 1 aliphatic heterocycles. The molecule has 0 unspecified atom stereocenters. The lowest BCUT2D eigenvalue weighted by molar-refractivity contribution is -0.137. The molecule has 2 heterocycles. The Balaban J connectivity index is 2.03. The van der Waals surface area contributed by atoms with Crippen molar-refractivity contribution in [2.24, 2.45) is 0 Å². The van der Waals surface area contributed by atoms with E-state index in [1.165, 1.54) is 12.1 Å². The number of aromatic nitrogens is 1. The van der Waals surface area contributed by atoms with Crippen molar-refractivity contribution in [2.75, 3.05) is 19.6 Å². The van der Waals surface area contributed by atoms with E-state index >= 15 is 0 Å². The minimum atomic E-state index is -0.808. The summed E-state index contributed by atoms with van der Waals surface area (Å²) in [5.74, 6) is -0.427. The van der Waals surface area contributed by atoms with Crippen molar-refractivity contribution in [3.8, 4) is 0 Å². The number of carboxylic acids is 1. The van der Waals surface area contributed by atoms with Crippen molar-refractivity contribution in [3.05, 3.63) is 24.0 Å². The Kier molecular flexibility index (Phi) is 3.63. The van der Waals surface area contributed by atoms with E-state index in [2.05, 4.69) is 5.16 Å². The Labute approximate surface area is 121 Å². The number of fused-ring (bicyclic) bond motifs is 1. The van der Waals surface area contributed by atoms with Gasteiger partial charge in [-0.15, -0.1) is 0 Å². The Bertz CT molecular complexity index is 662. The summed E-state index contributed by atoms with van der Waals surface area (Å²) < 4.78 is 19.0. The van der Waals surface area contributed by atoms with Gasteiger partial charge in [-0.1, -0.05) is 0 Å². The van der Waals surface area contributed by atoms with Crippen LogP contribution in [0, 0.1) is 5.82 Å². The highest BCUT2D eigenvalue weighted by Gasteiger charge is 2.37. The quantitative estimate of drug-likeness (QED) is 0.880. The molecular formula is C15H18FN2O3+. The fourth-order valence-corrected chi connectivity index (χ4v) is 3.21. The number of hydrogen-bond donors (Lipinski definition) is 1. The molecule has 0 radical (unpaired) electrons. The van der Waals surface area contributed by atoms with Crippen LogP contribution in [0.1, 0.15) is 25.7 Å². The number of likely N-dealkylation sites (tertiary alicyclic amines) is 1. The second kappa shape index (κ2) is 5.44. The fraction of sp³-hybridized carbons (Fsp3) is 0.467. The third-order valence-electron chi connectivity index (χ3n) is 4.29. The van der Waals surface area contributed by atoms with Crippen molar-refractivity contribution in [2.45, 2.75) is 25.7 Å². The average Bonchev–Trinajstić information content (AvgIpc) is 2.89. The van der Waals surface area contributed by atoms with E-state index in [-0.39, 0.29) is 12.2 Å². The van der Waals surface area contributed by atoms with Gasteiger partial charge in [0.2, 0.25) is 0 Å².